The number of hydrogen-bond acceptors (Lipinski definition) is 8. The first kappa shape index (κ1) is 29.6. The molecule has 1 atom stereocenters. The third kappa shape index (κ3) is 8.54. The molecule has 0 aliphatic carbocycles. The van der Waals surface area contributed by atoms with Crippen molar-refractivity contribution in [3.05, 3.63) is 46.2 Å². The van der Waals surface area contributed by atoms with Crippen LogP contribution >= 0.6 is 11.6 Å². The Bertz CT molecular complexity index is 1080. The third-order valence-electron chi connectivity index (χ3n) is 7.07. The highest BCUT2D eigenvalue weighted by atomic mass is 35.5. The van der Waals surface area contributed by atoms with Gasteiger partial charge in [0.1, 0.15) is 0 Å². The fourth-order valence-electron chi connectivity index (χ4n) is 4.72. The molecule has 0 bridgehead atoms. The molecule has 6 N–H and O–H groups in total. The van der Waals surface area contributed by atoms with Gasteiger partial charge in [0.15, 0.2) is 22.5 Å². The van der Waals surface area contributed by atoms with E-state index in [1.165, 1.54) is 11.1 Å². The predicted molar refractivity (Wildman–Crippen MR) is 152 cm³/mol. The quantitative estimate of drug-likeness (QED) is 0.258. The number of aromatic nitrogens is 2. The van der Waals surface area contributed by atoms with Crippen LogP contribution in [-0.4, -0.2) is 80.0 Å². The zero-order valence-corrected chi connectivity index (χ0v) is 23.4. The number of nitrogens with one attached hydrogen (secondary N) is 4. The van der Waals surface area contributed by atoms with Gasteiger partial charge in [0.05, 0.1) is 0 Å². The van der Waals surface area contributed by atoms with Crippen LogP contribution in [0.3, 0.4) is 0 Å². The van der Waals surface area contributed by atoms with Crippen LogP contribution in [0.1, 0.15) is 40.9 Å². The Hall–Kier alpha value is -2.95. The minimum Gasteiger partial charge on any atom is -0.381 e. The molecule has 2 amide bonds. The van der Waals surface area contributed by atoms with E-state index in [-0.39, 0.29) is 40.2 Å². The minimum absolute atomic E-state index is 0.00190. The molecule has 3 rings (SSSR count). The van der Waals surface area contributed by atoms with Crippen molar-refractivity contribution in [2.75, 3.05) is 64.4 Å². The largest absolute Gasteiger partial charge is 0.381 e. The van der Waals surface area contributed by atoms with Crippen LogP contribution in [0.2, 0.25) is 5.15 Å². The molecular formula is C27H41ClN8O2. The number of benzene rings is 1. The van der Waals surface area contributed by atoms with Crippen molar-refractivity contribution < 1.29 is 9.59 Å². The van der Waals surface area contributed by atoms with E-state index in [1.807, 2.05) is 24.1 Å². The lowest BCUT2D eigenvalue weighted by Crippen LogP contribution is -2.42. The maximum atomic E-state index is 13.0. The number of amides is 2. The summed E-state index contributed by atoms with van der Waals surface area (Å²) >= 11 is 6.02. The molecule has 38 heavy (non-hydrogen) atoms. The van der Waals surface area contributed by atoms with Crippen molar-refractivity contribution in [2.45, 2.75) is 32.6 Å². The maximum absolute atomic E-state index is 13.0. The highest BCUT2D eigenvalue weighted by molar-refractivity contribution is 6.31. The lowest BCUT2D eigenvalue weighted by Gasteiger charge is -2.32. The van der Waals surface area contributed by atoms with Crippen molar-refractivity contribution in [1.29, 1.82) is 0 Å². The summed E-state index contributed by atoms with van der Waals surface area (Å²) in [5, 5.41) is 12.5. The Kier molecular flexibility index (Phi) is 11.6. The molecule has 10 nitrogen and oxygen atoms in total. The van der Waals surface area contributed by atoms with Gasteiger partial charge in [-0.2, -0.15) is 0 Å². The van der Waals surface area contributed by atoms with E-state index >= 15 is 0 Å². The predicted octanol–water partition coefficient (Wildman–Crippen LogP) is 2.09. The fraction of sp³-hybridized carbons (Fsp3) is 0.556. The van der Waals surface area contributed by atoms with Crippen molar-refractivity contribution >= 4 is 35.1 Å². The molecule has 2 heterocycles. The van der Waals surface area contributed by atoms with Gasteiger partial charge in [-0.1, -0.05) is 35.9 Å². The Morgan fingerprint density at radius 2 is 1.89 bits per heavy atom. The number of rotatable bonds is 13. The number of carbonyl (C=O) groups excluding carboxylic acids is 2. The second-order valence-electron chi connectivity index (χ2n) is 9.89. The SMILES string of the molecule is CNCCC(=O)N1CCC(CNC[C@H](CNC(=O)c2nc(Cl)c(N)nc2NC)Cc2ccccc2C)CC1. The molecule has 1 saturated heterocycles. The fourth-order valence-corrected chi connectivity index (χ4v) is 4.84. The van der Waals surface area contributed by atoms with E-state index in [1.54, 1.807) is 7.05 Å². The van der Waals surface area contributed by atoms with Gasteiger partial charge < -0.3 is 31.9 Å². The molecule has 0 spiro atoms. The molecule has 0 unspecified atom stereocenters. The summed E-state index contributed by atoms with van der Waals surface area (Å²) in [6.45, 7) is 6.56. The van der Waals surface area contributed by atoms with E-state index in [2.05, 4.69) is 50.3 Å². The van der Waals surface area contributed by atoms with Crippen LogP contribution in [0.4, 0.5) is 11.6 Å². The summed E-state index contributed by atoms with van der Waals surface area (Å²) in [7, 11) is 3.52. The van der Waals surface area contributed by atoms with Gasteiger partial charge in [-0.05, 0) is 69.3 Å². The Morgan fingerprint density at radius 1 is 1.16 bits per heavy atom. The van der Waals surface area contributed by atoms with Gasteiger partial charge in [-0.25, -0.2) is 9.97 Å². The average Bonchev–Trinajstić information content (AvgIpc) is 2.92. The van der Waals surface area contributed by atoms with Gasteiger partial charge in [0, 0.05) is 39.6 Å². The van der Waals surface area contributed by atoms with Crippen LogP contribution in [-0.2, 0) is 11.2 Å². The van der Waals surface area contributed by atoms with Crippen molar-refractivity contribution in [3.8, 4) is 0 Å². The lowest BCUT2D eigenvalue weighted by atomic mass is 9.94. The molecular weight excluding hydrogens is 504 g/mol. The number of likely N-dealkylation sites (tertiary alicyclic amines) is 1. The number of anilines is 2. The van der Waals surface area contributed by atoms with Gasteiger partial charge in [-0.3, -0.25) is 9.59 Å². The normalized spacial score (nSPS) is 14.8. The molecule has 2 aromatic rings. The second-order valence-corrected chi connectivity index (χ2v) is 10.2. The van der Waals surface area contributed by atoms with Crippen LogP contribution in [0.5, 0.6) is 0 Å². The molecule has 1 aliphatic rings. The smallest absolute Gasteiger partial charge is 0.273 e. The highest BCUT2D eigenvalue weighted by Gasteiger charge is 2.23. The number of halogens is 1. The number of nitrogens with zero attached hydrogens (tertiary/aromatic N) is 3. The summed E-state index contributed by atoms with van der Waals surface area (Å²) in [5.41, 5.74) is 8.34. The monoisotopic (exact) mass is 544 g/mol. The molecule has 0 radical (unpaired) electrons. The van der Waals surface area contributed by atoms with E-state index in [0.717, 1.165) is 45.4 Å². The van der Waals surface area contributed by atoms with Gasteiger partial charge in [-0.15, -0.1) is 0 Å². The summed E-state index contributed by atoms with van der Waals surface area (Å²) in [6.07, 6.45) is 3.38. The Morgan fingerprint density at radius 3 is 2.58 bits per heavy atom. The zero-order valence-electron chi connectivity index (χ0n) is 22.6. The van der Waals surface area contributed by atoms with Crippen molar-refractivity contribution in [1.82, 2.24) is 30.8 Å². The molecule has 11 heteroatoms. The Balaban J connectivity index is 1.56. The third-order valence-corrected chi connectivity index (χ3v) is 7.35. The summed E-state index contributed by atoms with van der Waals surface area (Å²) in [6, 6.07) is 8.32. The van der Waals surface area contributed by atoms with Gasteiger partial charge >= 0.3 is 0 Å². The standard InChI is InChI=1S/C27H41ClN8O2/c1-18-6-4-5-7-21(18)14-20(17-33-27(38)23-26(31-3)35-25(29)24(28)34-23)16-32-15-19-9-12-36(13-10-19)22(37)8-11-30-2/h4-7,19-20,30,32H,8-17H2,1-3H3,(H,33,38)(H3,29,31,35)/t20-/m1/s1. The first-order chi connectivity index (χ1) is 18.3. The van der Waals surface area contributed by atoms with E-state index in [9.17, 15) is 9.59 Å². The topological polar surface area (TPSA) is 137 Å². The number of aryl methyl sites for hydroxylation is 1. The Labute approximate surface area is 230 Å². The second kappa shape index (κ2) is 14.8. The minimum atomic E-state index is -0.353. The first-order valence-corrected chi connectivity index (χ1v) is 13.7. The van der Waals surface area contributed by atoms with Crippen molar-refractivity contribution in [3.63, 3.8) is 0 Å². The van der Waals surface area contributed by atoms with E-state index < -0.39 is 0 Å². The molecule has 1 aliphatic heterocycles. The molecule has 1 aromatic heterocycles. The van der Waals surface area contributed by atoms with Gasteiger partial charge in [0.25, 0.3) is 5.91 Å². The number of hydrogen-bond donors (Lipinski definition) is 5. The number of piperidine rings is 1. The van der Waals surface area contributed by atoms with Crippen LogP contribution < -0.4 is 27.0 Å². The highest BCUT2D eigenvalue weighted by Crippen LogP contribution is 2.20. The van der Waals surface area contributed by atoms with Crippen LogP contribution in [0.25, 0.3) is 0 Å². The average molecular weight is 545 g/mol. The maximum Gasteiger partial charge on any atom is 0.273 e. The first-order valence-electron chi connectivity index (χ1n) is 13.3. The van der Waals surface area contributed by atoms with E-state index in [0.29, 0.717) is 25.4 Å². The van der Waals surface area contributed by atoms with Crippen LogP contribution in [0.15, 0.2) is 24.3 Å². The number of carbonyl (C=O) groups is 2. The zero-order chi connectivity index (χ0) is 27.5. The van der Waals surface area contributed by atoms with Crippen LogP contribution in [0, 0.1) is 18.8 Å². The molecule has 1 aromatic carbocycles. The number of nitrogens with two attached hydrogens (primary N) is 1. The number of nitrogen functional groups attached to an aromatic ring is 1. The van der Waals surface area contributed by atoms with E-state index in [4.69, 9.17) is 17.3 Å². The van der Waals surface area contributed by atoms with Gasteiger partial charge in [0.2, 0.25) is 5.91 Å². The molecule has 0 saturated carbocycles. The summed E-state index contributed by atoms with van der Waals surface area (Å²) in [5.74, 6) is 0.930. The summed E-state index contributed by atoms with van der Waals surface area (Å²) in [4.78, 5) is 35.5. The lowest BCUT2D eigenvalue weighted by molar-refractivity contribution is -0.132. The summed E-state index contributed by atoms with van der Waals surface area (Å²) < 4.78 is 0. The molecule has 1 fully saturated rings. The molecule has 208 valence electrons. The van der Waals surface area contributed by atoms with Crippen molar-refractivity contribution in [2.24, 2.45) is 11.8 Å².